The van der Waals surface area contributed by atoms with Crippen molar-refractivity contribution in [3.8, 4) is 0 Å². The highest BCUT2D eigenvalue weighted by Gasteiger charge is 2.13. The summed E-state index contributed by atoms with van der Waals surface area (Å²) in [6.45, 7) is 9.70. The Labute approximate surface area is 116 Å². The van der Waals surface area contributed by atoms with Gasteiger partial charge in [0.15, 0.2) is 0 Å². The molecule has 4 heteroatoms. The van der Waals surface area contributed by atoms with Gasteiger partial charge in [0.05, 0.1) is 13.1 Å². The van der Waals surface area contributed by atoms with Crippen LogP contribution in [0.1, 0.15) is 31.3 Å². The van der Waals surface area contributed by atoms with Crippen molar-refractivity contribution < 1.29 is 4.42 Å². The second-order valence-electron chi connectivity index (χ2n) is 5.48. The van der Waals surface area contributed by atoms with Gasteiger partial charge in [0, 0.05) is 13.1 Å². The van der Waals surface area contributed by atoms with Crippen molar-refractivity contribution in [1.82, 2.24) is 15.1 Å². The van der Waals surface area contributed by atoms with Crippen molar-refractivity contribution in [2.45, 2.75) is 32.9 Å². The monoisotopic (exact) mass is 265 g/mol. The zero-order valence-corrected chi connectivity index (χ0v) is 12.3. The fraction of sp³-hybridized carbons (Fsp3) is 0.733. The summed E-state index contributed by atoms with van der Waals surface area (Å²) >= 11 is 0. The van der Waals surface area contributed by atoms with Crippen LogP contribution in [-0.4, -0.2) is 49.6 Å². The summed E-state index contributed by atoms with van der Waals surface area (Å²) in [7, 11) is 2.20. The molecule has 0 spiro atoms. The third kappa shape index (κ3) is 4.97. The van der Waals surface area contributed by atoms with Crippen LogP contribution < -0.4 is 5.32 Å². The molecule has 0 bridgehead atoms. The summed E-state index contributed by atoms with van der Waals surface area (Å²) in [5.41, 5.74) is 0. The lowest BCUT2D eigenvalue weighted by atomic mass is 10.3. The first-order chi connectivity index (χ1) is 9.28. The molecule has 0 amide bonds. The molecule has 1 aromatic rings. The summed E-state index contributed by atoms with van der Waals surface area (Å²) in [5, 5.41) is 3.37. The van der Waals surface area contributed by atoms with Gasteiger partial charge in [0.25, 0.3) is 0 Å². The quantitative estimate of drug-likeness (QED) is 0.796. The average Bonchev–Trinajstić information content (AvgIpc) is 2.73. The zero-order chi connectivity index (χ0) is 13.5. The SMILES string of the molecule is CCCNCc1ccc(CN2CCCN(C)CC2)o1. The van der Waals surface area contributed by atoms with Gasteiger partial charge in [-0.3, -0.25) is 4.90 Å². The third-order valence-corrected chi connectivity index (χ3v) is 3.63. The predicted molar refractivity (Wildman–Crippen MR) is 78.1 cm³/mol. The number of rotatable bonds is 6. The molecule has 108 valence electrons. The molecule has 0 aromatic carbocycles. The largest absolute Gasteiger partial charge is 0.463 e. The molecule has 2 rings (SSSR count). The molecule has 2 heterocycles. The van der Waals surface area contributed by atoms with Gasteiger partial charge in [-0.1, -0.05) is 6.92 Å². The number of nitrogens with one attached hydrogen (secondary N) is 1. The minimum atomic E-state index is 0.844. The van der Waals surface area contributed by atoms with Gasteiger partial charge in [0.1, 0.15) is 11.5 Å². The molecule has 1 aromatic heterocycles. The molecule has 1 aliphatic heterocycles. The summed E-state index contributed by atoms with van der Waals surface area (Å²) in [6.07, 6.45) is 2.41. The van der Waals surface area contributed by atoms with E-state index in [4.69, 9.17) is 4.42 Å². The van der Waals surface area contributed by atoms with Crippen LogP contribution >= 0.6 is 0 Å². The second-order valence-corrected chi connectivity index (χ2v) is 5.48. The Kier molecular flexibility index (Phi) is 5.89. The van der Waals surface area contributed by atoms with Crippen LogP contribution in [0.25, 0.3) is 0 Å². The van der Waals surface area contributed by atoms with Gasteiger partial charge in [-0.15, -0.1) is 0 Å². The van der Waals surface area contributed by atoms with Crippen LogP contribution in [0.5, 0.6) is 0 Å². The molecular weight excluding hydrogens is 238 g/mol. The Hall–Kier alpha value is -0.840. The Balaban J connectivity index is 1.78. The first-order valence-electron chi connectivity index (χ1n) is 7.47. The van der Waals surface area contributed by atoms with Crippen LogP contribution in [0.3, 0.4) is 0 Å². The Bertz CT molecular complexity index is 364. The maximum Gasteiger partial charge on any atom is 0.118 e. The van der Waals surface area contributed by atoms with Crippen molar-refractivity contribution in [1.29, 1.82) is 0 Å². The lowest BCUT2D eigenvalue weighted by Crippen LogP contribution is -2.28. The van der Waals surface area contributed by atoms with E-state index < -0.39 is 0 Å². The Morgan fingerprint density at radius 1 is 1.16 bits per heavy atom. The summed E-state index contributed by atoms with van der Waals surface area (Å²) < 4.78 is 5.88. The third-order valence-electron chi connectivity index (χ3n) is 3.63. The molecule has 1 N–H and O–H groups in total. The van der Waals surface area contributed by atoms with E-state index in [0.717, 1.165) is 50.7 Å². The van der Waals surface area contributed by atoms with Crippen LogP contribution in [0.4, 0.5) is 0 Å². The number of hydrogen-bond acceptors (Lipinski definition) is 4. The van der Waals surface area contributed by atoms with Gasteiger partial charge in [-0.2, -0.15) is 0 Å². The van der Waals surface area contributed by atoms with Crippen molar-refractivity contribution in [3.05, 3.63) is 23.7 Å². The van der Waals surface area contributed by atoms with E-state index in [-0.39, 0.29) is 0 Å². The molecule has 0 saturated carbocycles. The Morgan fingerprint density at radius 3 is 2.84 bits per heavy atom. The molecule has 1 fully saturated rings. The topological polar surface area (TPSA) is 31.6 Å². The van der Waals surface area contributed by atoms with E-state index in [1.54, 1.807) is 0 Å². The normalized spacial score (nSPS) is 18.6. The van der Waals surface area contributed by atoms with Crippen molar-refractivity contribution in [2.24, 2.45) is 0 Å². The van der Waals surface area contributed by atoms with Crippen molar-refractivity contribution in [3.63, 3.8) is 0 Å². The molecule has 0 atom stereocenters. The average molecular weight is 265 g/mol. The van der Waals surface area contributed by atoms with E-state index in [1.165, 1.54) is 19.5 Å². The van der Waals surface area contributed by atoms with Gasteiger partial charge in [-0.05, 0) is 51.7 Å². The van der Waals surface area contributed by atoms with Gasteiger partial charge in [0.2, 0.25) is 0 Å². The van der Waals surface area contributed by atoms with Crippen LogP contribution in [-0.2, 0) is 13.1 Å². The van der Waals surface area contributed by atoms with E-state index in [0.29, 0.717) is 0 Å². The molecule has 19 heavy (non-hydrogen) atoms. The van der Waals surface area contributed by atoms with Crippen molar-refractivity contribution in [2.75, 3.05) is 39.8 Å². The first kappa shape index (κ1) is 14.6. The predicted octanol–water partition coefficient (Wildman–Crippen LogP) is 1.92. The van der Waals surface area contributed by atoms with E-state index in [2.05, 4.69) is 41.2 Å². The lowest BCUT2D eigenvalue weighted by Gasteiger charge is -2.18. The molecule has 0 radical (unpaired) electrons. The highest BCUT2D eigenvalue weighted by molar-refractivity contribution is 5.07. The highest BCUT2D eigenvalue weighted by Crippen LogP contribution is 2.12. The number of hydrogen-bond donors (Lipinski definition) is 1. The minimum Gasteiger partial charge on any atom is -0.463 e. The summed E-state index contributed by atoms with van der Waals surface area (Å²) in [5.74, 6) is 2.15. The van der Waals surface area contributed by atoms with Crippen LogP contribution in [0.2, 0.25) is 0 Å². The van der Waals surface area contributed by atoms with Gasteiger partial charge < -0.3 is 14.6 Å². The first-order valence-corrected chi connectivity index (χ1v) is 7.47. The standard InChI is InChI=1S/C15H27N3O/c1-3-7-16-12-14-5-6-15(19-14)13-18-9-4-8-17(2)10-11-18/h5-6,16H,3-4,7-13H2,1-2H3. The molecule has 0 unspecified atom stereocenters. The molecular formula is C15H27N3O. The summed E-state index contributed by atoms with van der Waals surface area (Å²) in [4.78, 5) is 4.90. The number of nitrogens with zero attached hydrogens (tertiary/aromatic N) is 2. The number of furan rings is 1. The van der Waals surface area contributed by atoms with Crippen LogP contribution in [0.15, 0.2) is 16.5 Å². The molecule has 1 saturated heterocycles. The highest BCUT2D eigenvalue weighted by atomic mass is 16.3. The lowest BCUT2D eigenvalue weighted by molar-refractivity contribution is 0.246. The molecule has 1 aliphatic rings. The van der Waals surface area contributed by atoms with Crippen LogP contribution in [0, 0.1) is 0 Å². The fourth-order valence-corrected chi connectivity index (χ4v) is 2.47. The van der Waals surface area contributed by atoms with Crippen molar-refractivity contribution >= 4 is 0 Å². The second kappa shape index (κ2) is 7.68. The smallest absolute Gasteiger partial charge is 0.118 e. The Morgan fingerprint density at radius 2 is 2.00 bits per heavy atom. The van der Waals surface area contributed by atoms with Gasteiger partial charge in [-0.25, -0.2) is 0 Å². The zero-order valence-electron chi connectivity index (χ0n) is 12.3. The van der Waals surface area contributed by atoms with E-state index >= 15 is 0 Å². The van der Waals surface area contributed by atoms with E-state index in [9.17, 15) is 0 Å². The fourth-order valence-electron chi connectivity index (χ4n) is 2.47. The molecule has 0 aliphatic carbocycles. The van der Waals surface area contributed by atoms with Gasteiger partial charge >= 0.3 is 0 Å². The summed E-state index contributed by atoms with van der Waals surface area (Å²) in [6, 6.07) is 4.22. The maximum atomic E-state index is 5.88. The van der Waals surface area contributed by atoms with E-state index in [1.807, 2.05) is 0 Å². The molecule has 4 nitrogen and oxygen atoms in total. The number of likely N-dealkylation sites (N-methyl/N-ethyl adjacent to an activating group) is 1. The maximum absolute atomic E-state index is 5.88. The minimum absolute atomic E-state index is 0.844.